The van der Waals surface area contributed by atoms with Crippen molar-refractivity contribution in [1.82, 2.24) is 4.98 Å². The SMILES string of the molecule is COc1cccnc1[C]=O. The second kappa shape index (κ2) is 2.96. The van der Waals surface area contributed by atoms with Crippen molar-refractivity contribution in [3.63, 3.8) is 0 Å². The highest BCUT2D eigenvalue weighted by atomic mass is 16.5. The number of aromatic nitrogens is 1. The molecule has 0 unspecified atom stereocenters. The number of methoxy groups -OCH3 is 1. The molecule has 0 spiro atoms. The largest absolute Gasteiger partial charge is 0.494 e. The smallest absolute Gasteiger partial charge is 0.257 e. The van der Waals surface area contributed by atoms with Crippen LogP contribution in [-0.4, -0.2) is 18.4 Å². The standard InChI is InChI=1S/C7H6NO2/c1-10-7-3-2-4-8-6(7)5-9/h2-4H,1H3. The van der Waals surface area contributed by atoms with Gasteiger partial charge in [-0.1, -0.05) is 0 Å². The van der Waals surface area contributed by atoms with Crippen molar-refractivity contribution in [2.24, 2.45) is 0 Å². The van der Waals surface area contributed by atoms with Crippen molar-refractivity contribution in [2.45, 2.75) is 0 Å². The number of ether oxygens (including phenoxy) is 1. The van der Waals surface area contributed by atoms with Gasteiger partial charge in [-0.15, -0.1) is 0 Å². The number of pyridine rings is 1. The first-order valence-corrected chi connectivity index (χ1v) is 2.75. The lowest BCUT2D eigenvalue weighted by Gasteiger charge is -1.98. The Morgan fingerprint density at radius 2 is 2.50 bits per heavy atom. The van der Waals surface area contributed by atoms with E-state index in [-0.39, 0.29) is 5.69 Å². The van der Waals surface area contributed by atoms with Gasteiger partial charge in [0.25, 0.3) is 6.29 Å². The molecule has 0 aliphatic heterocycles. The van der Waals surface area contributed by atoms with E-state index < -0.39 is 0 Å². The Morgan fingerprint density at radius 3 is 3.00 bits per heavy atom. The van der Waals surface area contributed by atoms with Crippen LogP contribution in [-0.2, 0) is 4.79 Å². The molecule has 3 nitrogen and oxygen atoms in total. The predicted octanol–water partition coefficient (Wildman–Crippen LogP) is 0.548. The van der Waals surface area contributed by atoms with Crippen molar-refractivity contribution >= 4 is 6.29 Å². The van der Waals surface area contributed by atoms with Crippen LogP contribution >= 0.6 is 0 Å². The minimum absolute atomic E-state index is 0.213. The van der Waals surface area contributed by atoms with Gasteiger partial charge in [-0.05, 0) is 12.1 Å². The van der Waals surface area contributed by atoms with E-state index in [0.29, 0.717) is 5.75 Å². The zero-order valence-corrected chi connectivity index (χ0v) is 5.50. The number of hydrogen-bond acceptors (Lipinski definition) is 3. The average Bonchev–Trinajstić information content (AvgIpc) is 2.04. The second-order valence-corrected chi connectivity index (χ2v) is 1.66. The summed E-state index contributed by atoms with van der Waals surface area (Å²) in [5.74, 6) is 0.456. The van der Waals surface area contributed by atoms with Crippen LogP contribution < -0.4 is 4.74 Å². The first kappa shape index (κ1) is 6.74. The van der Waals surface area contributed by atoms with E-state index >= 15 is 0 Å². The Hall–Kier alpha value is -1.38. The monoisotopic (exact) mass is 136 g/mol. The summed E-state index contributed by atoms with van der Waals surface area (Å²) in [5.41, 5.74) is 0.213. The van der Waals surface area contributed by atoms with E-state index in [0.717, 1.165) is 0 Å². The predicted molar refractivity (Wildman–Crippen MR) is 35.6 cm³/mol. The summed E-state index contributed by atoms with van der Waals surface area (Å²) >= 11 is 0. The molecule has 1 radical (unpaired) electrons. The first-order chi connectivity index (χ1) is 4.88. The van der Waals surface area contributed by atoms with Crippen molar-refractivity contribution in [1.29, 1.82) is 0 Å². The number of nitrogens with zero attached hydrogens (tertiary/aromatic N) is 1. The maximum absolute atomic E-state index is 10.1. The molecule has 1 heterocycles. The third-order valence-corrected chi connectivity index (χ3v) is 1.09. The molecule has 51 valence electrons. The minimum Gasteiger partial charge on any atom is -0.494 e. The van der Waals surface area contributed by atoms with E-state index in [9.17, 15) is 4.79 Å². The fourth-order valence-corrected chi connectivity index (χ4v) is 0.632. The van der Waals surface area contributed by atoms with E-state index in [1.54, 1.807) is 18.4 Å². The highest BCUT2D eigenvalue weighted by Crippen LogP contribution is 2.10. The highest BCUT2D eigenvalue weighted by Gasteiger charge is 1.99. The van der Waals surface area contributed by atoms with Gasteiger partial charge in [-0.25, -0.2) is 4.98 Å². The van der Waals surface area contributed by atoms with E-state index in [1.807, 2.05) is 0 Å². The van der Waals surface area contributed by atoms with Crippen molar-refractivity contribution < 1.29 is 9.53 Å². The lowest BCUT2D eigenvalue weighted by atomic mass is 10.3. The van der Waals surface area contributed by atoms with Crippen LogP contribution in [0.5, 0.6) is 5.75 Å². The molecule has 1 aromatic rings. The maximum atomic E-state index is 10.1. The quantitative estimate of drug-likeness (QED) is 0.596. The van der Waals surface area contributed by atoms with Gasteiger partial charge >= 0.3 is 0 Å². The Kier molecular flexibility index (Phi) is 1.99. The van der Waals surface area contributed by atoms with Gasteiger partial charge in [-0.3, -0.25) is 4.79 Å². The van der Waals surface area contributed by atoms with E-state index in [4.69, 9.17) is 4.74 Å². The number of hydrogen-bond donors (Lipinski definition) is 0. The fraction of sp³-hybridized carbons (Fsp3) is 0.143. The molecule has 0 amide bonds. The Balaban J connectivity index is 3.08. The zero-order valence-electron chi connectivity index (χ0n) is 5.50. The second-order valence-electron chi connectivity index (χ2n) is 1.66. The molecule has 0 saturated heterocycles. The number of rotatable bonds is 2. The normalized spacial score (nSPS) is 8.90. The molecule has 0 saturated carbocycles. The van der Waals surface area contributed by atoms with Gasteiger partial charge in [0.1, 0.15) is 5.75 Å². The third-order valence-electron chi connectivity index (χ3n) is 1.09. The summed E-state index contributed by atoms with van der Waals surface area (Å²) in [7, 11) is 1.48. The lowest BCUT2D eigenvalue weighted by molar-refractivity contribution is 0.411. The molecule has 0 fully saturated rings. The topological polar surface area (TPSA) is 39.2 Å². The molecule has 0 aromatic carbocycles. The molecule has 10 heavy (non-hydrogen) atoms. The molecule has 1 aromatic heterocycles. The highest BCUT2D eigenvalue weighted by molar-refractivity contribution is 5.76. The molecule has 0 aliphatic carbocycles. The van der Waals surface area contributed by atoms with Crippen LogP contribution in [0.3, 0.4) is 0 Å². The Bertz CT molecular complexity index is 235. The van der Waals surface area contributed by atoms with Gasteiger partial charge in [0.05, 0.1) is 7.11 Å². The first-order valence-electron chi connectivity index (χ1n) is 2.75. The van der Waals surface area contributed by atoms with Crippen molar-refractivity contribution in [3.05, 3.63) is 24.0 Å². The van der Waals surface area contributed by atoms with Gasteiger partial charge in [0, 0.05) is 6.20 Å². The Morgan fingerprint density at radius 1 is 1.70 bits per heavy atom. The average molecular weight is 136 g/mol. The maximum Gasteiger partial charge on any atom is 0.257 e. The van der Waals surface area contributed by atoms with Gasteiger partial charge < -0.3 is 4.74 Å². The van der Waals surface area contributed by atoms with Crippen LogP contribution in [0.25, 0.3) is 0 Å². The van der Waals surface area contributed by atoms with Gasteiger partial charge in [0.2, 0.25) is 0 Å². The summed E-state index contributed by atoms with van der Waals surface area (Å²) in [6, 6.07) is 3.35. The van der Waals surface area contributed by atoms with E-state index in [2.05, 4.69) is 4.98 Å². The molecule has 3 heteroatoms. The molecular weight excluding hydrogens is 130 g/mol. The molecule has 0 N–H and O–H groups in total. The summed E-state index contributed by atoms with van der Waals surface area (Å²) in [6.45, 7) is 0. The zero-order chi connectivity index (χ0) is 7.40. The van der Waals surface area contributed by atoms with Crippen LogP contribution in [0.4, 0.5) is 0 Å². The summed E-state index contributed by atoms with van der Waals surface area (Å²) in [4.78, 5) is 13.8. The van der Waals surface area contributed by atoms with Gasteiger partial charge in [0.15, 0.2) is 5.69 Å². The lowest BCUT2D eigenvalue weighted by Crippen LogP contribution is -1.92. The summed E-state index contributed by atoms with van der Waals surface area (Å²) in [5, 5.41) is 0. The summed E-state index contributed by atoms with van der Waals surface area (Å²) < 4.78 is 4.81. The molecule has 0 bridgehead atoms. The van der Waals surface area contributed by atoms with Crippen LogP contribution in [0, 0.1) is 0 Å². The minimum atomic E-state index is 0.213. The van der Waals surface area contributed by atoms with Crippen LogP contribution in [0.15, 0.2) is 18.3 Å². The Labute approximate surface area is 58.7 Å². The number of carbonyl (C=O) groups excluding carboxylic acids is 1. The summed E-state index contributed by atoms with van der Waals surface area (Å²) in [6.07, 6.45) is 3.18. The molecule has 0 aliphatic rings. The molecule has 1 rings (SSSR count). The van der Waals surface area contributed by atoms with Gasteiger partial charge in [-0.2, -0.15) is 0 Å². The van der Waals surface area contributed by atoms with Crippen molar-refractivity contribution in [3.8, 4) is 5.75 Å². The van der Waals surface area contributed by atoms with Crippen LogP contribution in [0.2, 0.25) is 0 Å². The van der Waals surface area contributed by atoms with E-state index in [1.165, 1.54) is 13.3 Å². The fourth-order valence-electron chi connectivity index (χ4n) is 0.632. The molecular formula is C7H6NO2. The van der Waals surface area contributed by atoms with Crippen molar-refractivity contribution in [2.75, 3.05) is 7.11 Å². The molecule has 0 atom stereocenters. The van der Waals surface area contributed by atoms with Crippen LogP contribution in [0.1, 0.15) is 5.69 Å². The third kappa shape index (κ3) is 1.13.